The second-order valence-electron chi connectivity index (χ2n) is 5.35. The van der Waals surface area contributed by atoms with Crippen molar-refractivity contribution in [3.63, 3.8) is 0 Å². The van der Waals surface area contributed by atoms with Crippen LogP contribution in [0.25, 0.3) is 0 Å². The Kier molecular flexibility index (Phi) is 5.78. The molecule has 0 amide bonds. The number of alkyl halides is 1. The van der Waals surface area contributed by atoms with Crippen molar-refractivity contribution in [1.29, 1.82) is 0 Å². The zero-order chi connectivity index (χ0) is 16.8. The molecule has 2 aromatic carbocycles. The van der Waals surface area contributed by atoms with E-state index in [1.807, 2.05) is 36.9 Å². The van der Waals surface area contributed by atoms with Crippen molar-refractivity contribution in [1.82, 2.24) is 4.98 Å². The maximum Gasteiger partial charge on any atom is 0.0754 e. The summed E-state index contributed by atoms with van der Waals surface area (Å²) < 4.78 is 0. The minimum Gasteiger partial charge on any atom is -0.354 e. The van der Waals surface area contributed by atoms with Crippen LogP contribution in [0, 0.1) is 0 Å². The largest absolute Gasteiger partial charge is 0.354 e. The monoisotopic (exact) mass is 354 g/mol. The van der Waals surface area contributed by atoms with E-state index in [0.717, 1.165) is 12.1 Å². The number of hydrogen-bond donors (Lipinski definition) is 1. The van der Waals surface area contributed by atoms with Gasteiger partial charge in [-0.2, -0.15) is 0 Å². The Morgan fingerprint density at radius 2 is 1.50 bits per heavy atom. The summed E-state index contributed by atoms with van der Waals surface area (Å²) in [5.74, 6) is 0. The highest BCUT2D eigenvalue weighted by molar-refractivity contribution is 7.99. The van der Waals surface area contributed by atoms with E-state index < -0.39 is 0 Å². The molecule has 0 radical (unpaired) electrons. The highest BCUT2D eigenvalue weighted by Gasteiger charge is 2.13. The SMILES string of the molecule is CCC(Cl)c1ccccn1.c1ccc2c(c1)Nc1ccccc1S2. The van der Waals surface area contributed by atoms with Crippen LogP contribution in [0.4, 0.5) is 11.4 Å². The summed E-state index contributed by atoms with van der Waals surface area (Å²) in [5.41, 5.74) is 3.37. The summed E-state index contributed by atoms with van der Waals surface area (Å²) in [5, 5.41) is 3.49. The van der Waals surface area contributed by atoms with Gasteiger partial charge in [0.1, 0.15) is 0 Å². The third kappa shape index (κ3) is 4.11. The van der Waals surface area contributed by atoms with Gasteiger partial charge in [-0.1, -0.05) is 49.0 Å². The van der Waals surface area contributed by atoms with E-state index >= 15 is 0 Å². The molecule has 0 spiro atoms. The molecule has 1 unspecified atom stereocenters. The number of nitrogens with zero attached hydrogens (tertiary/aromatic N) is 1. The quantitative estimate of drug-likeness (QED) is 0.407. The van der Waals surface area contributed by atoms with Crippen molar-refractivity contribution in [2.45, 2.75) is 28.5 Å². The molecule has 3 aromatic rings. The molecule has 0 saturated carbocycles. The van der Waals surface area contributed by atoms with Crippen molar-refractivity contribution in [2.75, 3.05) is 5.32 Å². The van der Waals surface area contributed by atoms with Crippen LogP contribution in [-0.4, -0.2) is 4.98 Å². The fourth-order valence-corrected chi connectivity index (χ4v) is 3.47. The van der Waals surface area contributed by atoms with E-state index in [1.165, 1.54) is 21.2 Å². The summed E-state index contributed by atoms with van der Waals surface area (Å²) in [6, 6.07) is 22.5. The molecule has 4 rings (SSSR count). The highest BCUT2D eigenvalue weighted by Crippen LogP contribution is 2.43. The minimum absolute atomic E-state index is 0.0706. The van der Waals surface area contributed by atoms with Crippen molar-refractivity contribution in [3.8, 4) is 0 Å². The molecule has 1 N–H and O–H groups in total. The van der Waals surface area contributed by atoms with E-state index in [9.17, 15) is 0 Å². The van der Waals surface area contributed by atoms with Gasteiger partial charge in [0.15, 0.2) is 0 Å². The predicted molar refractivity (Wildman–Crippen MR) is 103 cm³/mol. The molecule has 1 aromatic heterocycles. The topological polar surface area (TPSA) is 24.9 Å². The first-order valence-electron chi connectivity index (χ1n) is 7.96. The number of benzene rings is 2. The van der Waals surface area contributed by atoms with Crippen LogP contribution in [0.5, 0.6) is 0 Å². The van der Waals surface area contributed by atoms with Crippen LogP contribution in [0.1, 0.15) is 24.4 Å². The predicted octanol–water partition coefficient (Wildman–Crippen LogP) is 6.67. The van der Waals surface area contributed by atoms with Gasteiger partial charge in [-0.25, -0.2) is 0 Å². The van der Waals surface area contributed by atoms with Gasteiger partial charge in [0, 0.05) is 16.0 Å². The third-order valence-electron chi connectivity index (χ3n) is 3.63. The van der Waals surface area contributed by atoms with Gasteiger partial charge in [-0.15, -0.1) is 11.6 Å². The first-order valence-corrected chi connectivity index (χ1v) is 9.21. The van der Waals surface area contributed by atoms with E-state index in [2.05, 4.69) is 58.8 Å². The summed E-state index contributed by atoms with van der Waals surface area (Å²) in [7, 11) is 0. The average Bonchev–Trinajstić information content (AvgIpc) is 2.67. The molecular weight excluding hydrogens is 336 g/mol. The van der Waals surface area contributed by atoms with E-state index in [1.54, 1.807) is 6.20 Å². The number of nitrogens with one attached hydrogen (secondary N) is 1. The number of halogens is 1. The molecule has 0 saturated heterocycles. The molecule has 2 nitrogen and oxygen atoms in total. The molecule has 4 heteroatoms. The second-order valence-corrected chi connectivity index (χ2v) is 6.96. The lowest BCUT2D eigenvalue weighted by Gasteiger charge is -2.19. The highest BCUT2D eigenvalue weighted by atomic mass is 35.5. The van der Waals surface area contributed by atoms with Gasteiger partial charge in [0.05, 0.1) is 22.4 Å². The number of hydrogen-bond acceptors (Lipinski definition) is 3. The fourth-order valence-electron chi connectivity index (χ4n) is 2.35. The maximum atomic E-state index is 5.93. The number of fused-ring (bicyclic) bond motifs is 2. The molecule has 2 heterocycles. The van der Waals surface area contributed by atoms with Crippen molar-refractivity contribution < 1.29 is 0 Å². The molecule has 122 valence electrons. The van der Waals surface area contributed by atoms with Crippen molar-refractivity contribution in [3.05, 3.63) is 78.6 Å². The number of para-hydroxylation sites is 2. The molecule has 24 heavy (non-hydrogen) atoms. The van der Waals surface area contributed by atoms with Gasteiger partial charge >= 0.3 is 0 Å². The first kappa shape index (κ1) is 16.9. The molecule has 0 aliphatic carbocycles. The van der Waals surface area contributed by atoms with Crippen LogP contribution < -0.4 is 5.32 Å². The zero-order valence-electron chi connectivity index (χ0n) is 13.4. The average molecular weight is 355 g/mol. The van der Waals surface area contributed by atoms with Crippen LogP contribution in [0.15, 0.2) is 82.7 Å². The Hall–Kier alpha value is -1.97. The number of anilines is 2. The van der Waals surface area contributed by atoms with Crippen LogP contribution in [0.3, 0.4) is 0 Å². The first-order chi connectivity index (χ1) is 11.8. The Morgan fingerprint density at radius 1 is 0.917 bits per heavy atom. The number of pyridine rings is 1. The van der Waals surface area contributed by atoms with Gasteiger partial charge in [0.2, 0.25) is 0 Å². The molecule has 1 atom stereocenters. The van der Waals surface area contributed by atoms with Gasteiger partial charge in [-0.05, 0) is 42.8 Å². The van der Waals surface area contributed by atoms with Crippen LogP contribution in [0.2, 0.25) is 0 Å². The van der Waals surface area contributed by atoms with Crippen LogP contribution in [-0.2, 0) is 0 Å². The molecule has 0 bridgehead atoms. The van der Waals surface area contributed by atoms with Gasteiger partial charge in [-0.3, -0.25) is 4.98 Å². The third-order valence-corrected chi connectivity index (χ3v) is 5.31. The minimum atomic E-state index is 0.0706. The van der Waals surface area contributed by atoms with Gasteiger partial charge < -0.3 is 5.32 Å². The normalized spacial score (nSPS) is 12.8. The van der Waals surface area contributed by atoms with Crippen molar-refractivity contribution >= 4 is 34.7 Å². The molecule has 0 fully saturated rings. The lowest BCUT2D eigenvalue weighted by atomic mass is 10.2. The summed E-state index contributed by atoms with van der Waals surface area (Å²) in [6.07, 6.45) is 2.69. The van der Waals surface area contributed by atoms with Crippen LogP contribution >= 0.6 is 23.4 Å². The molecule has 1 aliphatic heterocycles. The fraction of sp³-hybridized carbons (Fsp3) is 0.150. The smallest absolute Gasteiger partial charge is 0.0754 e. The lowest BCUT2D eigenvalue weighted by molar-refractivity contribution is 0.847. The molecule has 1 aliphatic rings. The summed E-state index contributed by atoms with van der Waals surface area (Å²) in [4.78, 5) is 6.71. The van der Waals surface area contributed by atoms with Gasteiger partial charge in [0.25, 0.3) is 0 Å². The lowest BCUT2D eigenvalue weighted by Crippen LogP contribution is -1.98. The zero-order valence-corrected chi connectivity index (χ0v) is 15.0. The summed E-state index contributed by atoms with van der Waals surface area (Å²) >= 11 is 7.75. The Bertz CT molecular complexity index is 705. The Balaban J connectivity index is 0.000000150. The van der Waals surface area contributed by atoms with E-state index in [-0.39, 0.29) is 5.38 Å². The number of rotatable bonds is 2. The number of aromatic nitrogens is 1. The molecular formula is C20H19ClN2S. The maximum absolute atomic E-state index is 5.93. The standard InChI is InChI=1S/C12H9NS.C8H10ClN/c1-3-7-11-9(5-1)13-10-6-2-4-8-12(10)14-11;1-2-7(9)8-5-3-4-6-10-8/h1-8,13H;3-7H,2H2,1H3. The van der Waals surface area contributed by atoms with E-state index in [0.29, 0.717) is 0 Å². The Labute approximate surface area is 152 Å². The van der Waals surface area contributed by atoms with Crippen molar-refractivity contribution in [2.24, 2.45) is 0 Å². The van der Waals surface area contributed by atoms with E-state index in [4.69, 9.17) is 11.6 Å². The Morgan fingerprint density at radius 3 is 2.04 bits per heavy atom. The summed E-state index contributed by atoms with van der Waals surface area (Å²) in [6.45, 7) is 2.05. The second kappa shape index (κ2) is 8.22.